The molecule has 0 unspecified atom stereocenters. The van der Waals surface area contributed by atoms with Gasteiger partial charge < -0.3 is 4.74 Å². The van der Waals surface area contributed by atoms with Crippen LogP contribution in [0, 0.1) is 23.2 Å². The van der Waals surface area contributed by atoms with E-state index in [9.17, 15) is 9.18 Å². The minimum atomic E-state index is -0.775. The Balaban J connectivity index is 1.37. The summed E-state index contributed by atoms with van der Waals surface area (Å²) in [5.74, 6) is 0.157. The van der Waals surface area contributed by atoms with Crippen LogP contribution in [0.2, 0.25) is 0 Å². The van der Waals surface area contributed by atoms with Crippen LogP contribution in [0.3, 0.4) is 0 Å². The summed E-state index contributed by atoms with van der Waals surface area (Å²) in [6.45, 7) is 2.24. The van der Waals surface area contributed by atoms with Crippen molar-refractivity contribution < 1.29 is 13.9 Å². The summed E-state index contributed by atoms with van der Waals surface area (Å²) in [6, 6.07) is 10.6. The van der Waals surface area contributed by atoms with Gasteiger partial charge in [-0.2, -0.15) is 9.65 Å². The zero-order valence-electron chi connectivity index (χ0n) is 20.0. The summed E-state index contributed by atoms with van der Waals surface area (Å²) in [5.41, 5.74) is 2.84. The number of halogens is 1. The molecule has 1 aromatic carbocycles. The van der Waals surface area contributed by atoms with Crippen molar-refractivity contribution in [2.75, 3.05) is 0 Å². The van der Waals surface area contributed by atoms with Gasteiger partial charge in [0.25, 0.3) is 0 Å². The molecule has 0 N–H and O–H groups in total. The lowest BCUT2D eigenvalue weighted by molar-refractivity contribution is -0.157. The molecule has 0 heterocycles. The first-order valence-corrected chi connectivity index (χ1v) is 12.8. The second-order valence-corrected chi connectivity index (χ2v) is 9.73. The van der Waals surface area contributed by atoms with Crippen molar-refractivity contribution in [2.45, 2.75) is 96.0 Å². The van der Waals surface area contributed by atoms with Crippen molar-refractivity contribution in [2.24, 2.45) is 11.8 Å². The lowest BCUT2D eigenvalue weighted by atomic mass is 9.78. The Morgan fingerprint density at radius 3 is 2.39 bits per heavy atom. The molecular weight excluding hydrogens is 413 g/mol. The number of aryl methyl sites for hydroxylation is 1. The average Bonchev–Trinajstić information content (AvgIpc) is 2.85. The van der Waals surface area contributed by atoms with E-state index in [2.05, 4.69) is 31.2 Å². The molecule has 0 atom stereocenters. The Labute approximate surface area is 198 Å². The maximum Gasteiger partial charge on any atom is 0.309 e. The molecule has 0 aromatic heterocycles. The third-order valence-electron chi connectivity index (χ3n) is 7.31. The van der Waals surface area contributed by atoms with Crippen LogP contribution < -0.4 is 0 Å². The fourth-order valence-electron chi connectivity index (χ4n) is 5.19. The quantitative estimate of drug-likeness (QED) is 0.167. The summed E-state index contributed by atoms with van der Waals surface area (Å²) < 4.78 is 18.7. The van der Waals surface area contributed by atoms with Crippen molar-refractivity contribution in [3.05, 3.63) is 59.4 Å². The van der Waals surface area contributed by atoms with Gasteiger partial charge in [-0.1, -0.05) is 56.2 Å². The van der Waals surface area contributed by atoms with E-state index >= 15 is 0 Å². The number of allylic oxidation sites excluding steroid dienone is 4. The summed E-state index contributed by atoms with van der Waals surface area (Å²) in [4.78, 5) is 12.7. The highest BCUT2D eigenvalue weighted by Crippen LogP contribution is 2.37. The van der Waals surface area contributed by atoms with Crippen LogP contribution >= 0.6 is 0 Å². The van der Waals surface area contributed by atoms with Gasteiger partial charge in [0.05, 0.1) is 5.92 Å². The maximum absolute atomic E-state index is 12.8. The van der Waals surface area contributed by atoms with Crippen LogP contribution in [-0.4, -0.2) is 12.1 Å². The molecule has 2 fully saturated rings. The first-order valence-electron chi connectivity index (χ1n) is 12.8. The summed E-state index contributed by atoms with van der Waals surface area (Å²) in [5, 5.41) is 8.44. The fourth-order valence-corrected chi connectivity index (χ4v) is 5.19. The molecule has 1 aromatic rings. The molecule has 0 spiro atoms. The smallest absolute Gasteiger partial charge is 0.309 e. The van der Waals surface area contributed by atoms with E-state index in [4.69, 9.17) is 10.00 Å². The van der Waals surface area contributed by atoms with Crippen LogP contribution in [0.1, 0.15) is 94.6 Å². The number of ether oxygens (including phenoxy) is 1. The molecule has 3 nitrogen and oxygen atoms in total. The highest BCUT2D eigenvalue weighted by molar-refractivity contribution is 5.72. The van der Waals surface area contributed by atoms with E-state index in [0.717, 1.165) is 51.4 Å². The first-order chi connectivity index (χ1) is 16.1. The van der Waals surface area contributed by atoms with Gasteiger partial charge in [-0.3, -0.25) is 4.79 Å². The molecule has 0 saturated heterocycles. The average molecular weight is 452 g/mol. The van der Waals surface area contributed by atoms with Crippen molar-refractivity contribution in [3.63, 3.8) is 0 Å². The Bertz CT molecular complexity index is 835. The van der Waals surface area contributed by atoms with Gasteiger partial charge in [0.2, 0.25) is 0 Å². The fraction of sp³-hybridized carbons (Fsp3) is 0.586. The number of esters is 1. The number of nitrogens with zero attached hydrogens (tertiary/aromatic N) is 1. The lowest BCUT2D eigenvalue weighted by Crippen LogP contribution is -2.29. The lowest BCUT2D eigenvalue weighted by Gasteiger charge is -2.31. The van der Waals surface area contributed by atoms with E-state index in [0.29, 0.717) is 11.8 Å². The third-order valence-corrected chi connectivity index (χ3v) is 7.31. The number of nitriles is 1. The highest BCUT2D eigenvalue weighted by Gasteiger charge is 2.30. The molecule has 0 bridgehead atoms. The Morgan fingerprint density at radius 1 is 1.06 bits per heavy atom. The van der Waals surface area contributed by atoms with Crippen LogP contribution in [0.25, 0.3) is 0 Å². The predicted octanol–water partition coefficient (Wildman–Crippen LogP) is 7.73. The number of unbranched alkanes of at least 4 members (excludes halogenated alkanes) is 2. The van der Waals surface area contributed by atoms with Gasteiger partial charge in [0, 0.05) is 0 Å². The third kappa shape index (κ3) is 8.14. The van der Waals surface area contributed by atoms with Gasteiger partial charge >= 0.3 is 5.97 Å². The van der Waals surface area contributed by atoms with E-state index < -0.39 is 5.83 Å². The number of carbonyl (C=O) groups is 1. The number of carbonyl (C=O) groups excluding carboxylic acids is 1. The number of hydrogen-bond acceptors (Lipinski definition) is 3. The molecule has 3 rings (SSSR count). The van der Waals surface area contributed by atoms with Crippen LogP contribution in [0.4, 0.5) is 4.39 Å². The van der Waals surface area contributed by atoms with Gasteiger partial charge in [-0.15, -0.1) is 0 Å². The minimum absolute atomic E-state index is 0.00603. The van der Waals surface area contributed by atoms with Gasteiger partial charge in [-0.05, 0) is 93.2 Å². The minimum Gasteiger partial charge on any atom is -0.462 e. The summed E-state index contributed by atoms with van der Waals surface area (Å²) >= 11 is 0. The molecule has 2 saturated carbocycles. The second-order valence-electron chi connectivity index (χ2n) is 9.73. The molecule has 33 heavy (non-hydrogen) atoms. The molecule has 2 aliphatic rings. The van der Waals surface area contributed by atoms with Gasteiger partial charge in [0.15, 0.2) is 5.83 Å². The molecule has 0 aliphatic heterocycles. The second kappa shape index (κ2) is 13.3. The van der Waals surface area contributed by atoms with Crippen molar-refractivity contribution in [1.29, 1.82) is 5.26 Å². The molecule has 2 aliphatic carbocycles. The zero-order valence-corrected chi connectivity index (χ0v) is 20.0. The topological polar surface area (TPSA) is 50.1 Å². The Hall–Kier alpha value is -2.41. The van der Waals surface area contributed by atoms with Crippen LogP contribution in [0.5, 0.6) is 0 Å². The largest absolute Gasteiger partial charge is 0.462 e. The maximum atomic E-state index is 12.8. The van der Waals surface area contributed by atoms with Gasteiger partial charge in [0.1, 0.15) is 12.2 Å². The standard InChI is InChI=1S/C29H38FNO2/c1-2-3-4-6-22-9-13-24(14-10-22)25-15-17-26(18-16-25)29(32)33-28-19-11-23(12-20-28)7-5-8-27(30)21-31/h5,7-10,13-14,23,25-26,28H,2-4,6,11-12,15-20H2,1H3. The normalized spacial score (nSPS) is 26.2. The molecule has 0 amide bonds. The van der Waals surface area contributed by atoms with Crippen LogP contribution in [0.15, 0.2) is 48.3 Å². The molecule has 178 valence electrons. The Morgan fingerprint density at radius 2 is 1.76 bits per heavy atom. The summed E-state index contributed by atoms with van der Waals surface area (Å²) in [6.07, 6.45) is 17.3. The predicted molar refractivity (Wildman–Crippen MR) is 130 cm³/mol. The Kier molecular flexibility index (Phi) is 10.2. The van der Waals surface area contributed by atoms with E-state index in [1.165, 1.54) is 49.0 Å². The van der Waals surface area contributed by atoms with E-state index in [-0.39, 0.29) is 18.0 Å². The molecule has 4 heteroatoms. The van der Waals surface area contributed by atoms with Crippen molar-refractivity contribution in [1.82, 2.24) is 0 Å². The summed E-state index contributed by atoms with van der Waals surface area (Å²) in [7, 11) is 0. The van der Waals surface area contributed by atoms with E-state index in [1.807, 2.05) is 6.08 Å². The van der Waals surface area contributed by atoms with Crippen molar-refractivity contribution in [3.8, 4) is 6.07 Å². The first kappa shape index (κ1) is 25.2. The van der Waals surface area contributed by atoms with Gasteiger partial charge in [-0.25, -0.2) is 0 Å². The monoisotopic (exact) mass is 451 g/mol. The number of benzene rings is 1. The van der Waals surface area contributed by atoms with Crippen LogP contribution in [-0.2, 0) is 16.0 Å². The SMILES string of the molecule is CCCCCc1ccc(C2CCC(C(=O)OC3CCC(C=CC=C(F)C#N)CC3)CC2)cc1. The molecular formula is C29H38FNO2. The van der Waals surface area contributed by atoms with Crippen molar-refractivity contribution >= 4 is 5.97 Å². The highest BCUT2D eigenvalue weighted by atomic mass is 19.1. The zero-order chi connectivity index (χ0) is 23.5. The number of rotatable bonds is 9. The van der Waals surface area contributed by atoms with E-state index in [1.54, 1.807) is 6.08 Å². The number of hydrogen-bond donors (Lipinski definition) is 0. The molecule has 0 radical (unpaired) electrons.